The lowest BCUT2D eigenvalue weighted by Crippen LogP contribution is -2.32. The first-order chi connectivity index (χ1) is 9.75. The van der Waals surface area contributed by atoms with Crippen LogP contribution in [0, 0.1) is 5.92 Å². The Labute approximate surface area is 124 Å². The Morgan fingerprint density at radius 2 is 1.65 bits per heavy atom. The molecule has 1 aliphatic rings. The summed E-state index contributed by atoms with van der Waals surface area (Å²) in [6.07, 6.45) is 13.0. The first-order valence-electron chi connectivity index (χ1n) is 8.60. The predicted molar refractivity (Wildman–Crippen MR) is 81.5 cm³/mol. The maximum atomic E-state index is 11.7. The van der Waals surface area contributed by atoms with Gasteiger partial charge in [0.1, 0.15) is 0 Å². The van der Waals surface area contributed by atoms with Crippen LogP contribution in [0.25, 0.3) is 0 Å². The highest BCUT2D eigenvalue weighted by Crippen LogP contribution is 2.26. The molecule has 0 heterocycles. The van der Waals surface area contributed by atoms with Gasteiger partial charge < -0.3 is 9.84 Å². The van der Waals surface area contributed by atoms with Crippen molar-refractivity contribution in [2.24, 2.45) is 5.92 Å². The van der Waals surface area contributed by atoms with Gasteiger partial charge in [-0.2, -0.15) is 0 Å². The largest absolute Gasteiger partial charge is 0.464 e. The zero-order valence-corrected chi connectivity index (χ0v) is 13.1. The summed E-state index contributed by atoms with van der Waals surface area (Å²) in [7, 11) is 0. The molecule has 3 nitrogen and oxygen atoms in total. The fourth-order valence-corrected chi connectivity index (χ4v) is 2.96. The minimum absolute atomic E-state index is 0.130. The van der Waals surface area contributed by atoms with Crippen LogP contribution in [0.2, 0.25) is 0 Å². The van der Waals surface area contributed by atoms with Gasteiger partial charge in [-0.3, -0.25) is 0 Å². The molecule has 0 amide bonds. The van der Waals surface area contributed by atoms with Crippen molar-refractivity contribution < 1.29 is 14.6 Å². The zero-order chi connectivity index (χ0) is 14.6. The quantitative estimate of drug-likeness (QED) is 0.482. The third kappa shape index (κ3) is 7.28. The van der Waals surface area contributed by atoms with E-state index < -0.39 is 12.1 Å². The van der Waals surface area contributed by atoms with Gasteiger partial charge in [0, 0.05) is 0 Å². The van der Waals surface area contributed by atoms with Gasteiger partial charge in [-0.1, -0.05) is 64.7 Å². The van der Waals surface area contributed by atoms with Crippen LogP contribution >= 0.6 is 0 Å². The third-order valence-electron chi connectivity index (χ3n) is 4.33. The molecule has 3 heteroatoms. The highest BCUT2D eigenvalue weighted by molar-refractivity contribution is 5.74. The second-order valence-corrected chi connectivity index (χ2v) is 6.13. The van der Waals surface area contributed by atoms with Crippen LogP contribution in [0.4, 0.5) is 0 Å². The second kappa shape index (κ2) is 11.1. The number of esters is 1. The molecule has 1 rings (SSSR count). The number of hydrogen-bond donors (Lipinski definition) is 1. The Balaban J connectivity index is 1.99. The number of aliphatic hydroxyl groups is 1. The van der Waals surface area contributed by atoms with Crippen molar-refractivity contribution in [3.63, 3.8) is 0 Å². The SMILES string of the molecule is CCCCCCCCCOC(=O)[C@H](O)C1CCCCC1. The lowest BCUT2D eigenvalue weighted by Gasteiger charge is -2.25. The van der Waals surface area contributed by atoms with Crippen molar-refractivity contribution in [2.45, 2.75) is 90.1 Å². The summed E-state index contributed by atoms with van der Waals surface area (Å²) in [5, 5.41) is 9.97. The Bertz CT molecular complexity index is 247. The van der Waals surface area contributed by atoms with Crippen LogP contribution in [0.15, 0.2) is 0 Å². The second-order valence-electron chi connectivity index (χ2n) is 6.13. The zero-order valence-electron chi connectivity index (χ0n) is 13.1. The van der Waals surface area contributed by atoms with Gasteiger partial charge in [0.25, 0.3) is 0 Å². The lowest BCUT2D eigenvalue weighted by atomic mass is 9.85. The van der Waals surface area contributed by atoms with Crippen LogP contribution in [-0.4, -0.2) is 23.8 Å². The van der Waals surface area contributed by atoms with E-state index in [9.17, 15) is 9.90 Å². The number of unbranched alkanes of at least 4 members (excludes halogenated alkanes) is 6. The summed E-state index contributed by atoms with van der Waals surface area (Å²) in [5.74, 6) is -0.270. The van der Waals surface area contributed by atoms with E-state index in [2.05, 4.69) is 6.92 Å². The molecule has 0 aromatic rings. The molecule has 1 aliphatic carbocycles. The van der Waals surface area contributed by atoms with E-state index in [0.717, 1.165) is 38.5 Å². The average molecular weight is 284 g/mol. The molecule has 0 aromatic heterocycles. The molecule has 1 fully saturated rings. The van der Waals surface area contributed by atoms with Crippen molar-refractivity contribution in [3.8, 4) is 0 Å². The Morgan fingerprint density at radius 3 is 2.30 bits per heavy atom. The molecule has 0 bridgehead atoms. The number of aliphatic hydroxyl groups excluding tert-OH is 1. The number of hydrogen-bond acceptors (Lipinski definition) is 3. The van der Waals surface area contributed by atoms with E-state index in [0.29, 0.717) is 6.61 Å². The lowest BCUT2D eigenvalue weighted by molar-refractivity contribution is -0.157. The van der Waals surface area contributed by atoms with Gasteiger partial charge in [-0.05, 0) is 25.2 Å². The molecule has 0 spiro atoms. The molecule has 1 N–H and O–H groups in total. The van der Waals surface area contributed by atoms with Crippen LogP contribution in [0.1, 0.15) is 84.0 Å². The van der Waals surface area contributed by atoms with E-state index >= 15 is 0 Å². The maximum absolute atomic E-state index is 11.7. The number of carbonyl (C=O) groups excluding carboxylic acids is 1. The summed E-state index contributed by atoms with van der Waals surface area (Å²) >= 11 is 0. The highest BCUT2D eigenvalue weighted by Gasteiger charge is 2.28. The van der Waals surface area contributed by atoms with Crippen LogP contribution in [0.5, 0.6) is 0 Å². The Morgan fingerprint density at radius 1 is 1.05 bits per heavy atom. The van der Waals surface area contributed by atoms with Crippen molar-refractivity contribution >= 4 is 5.97 Å². The summed E-state index contributed by atoms with van der Waals surface area (Å²) in [4.78, 5) is 11.7. The maximum Gasteiger partial charge on any atom is 0.335 e. The molecule has 0 radical (unpaired) electrons. The van der Waals surface area contributed by atoms with E-state index in [1.807, 2.05) is 0 Å². The number of ether oxygens (including phenoxy) is 1. The topological polar surface area (TPSA) is 46.5 Å². The molecular weight excluding hydrogens is 252 g/mol. The van der Waals surface area contributed by atoms with E-state index in [1.54, 1.807) is 0 Å². The molecule has 0 aromatic carbocycles. The molecule has 20 heavy (non-hydrogen) atoms. The van der Waals surface area contributed by atoms with Gasteiger partial charge in [-0.15, -0.1) is 0 Å². The van der Waals surface area contributed by atoms with Gasteiger partial charge in [-0.25, -0.2) is 4.79 Å². The summed E-state index contributed by atoms with van der Waals surface area (Å²) in [6.45, 7) is 2.69. The fraction of sp³-hybridized carbons (Fsp3) is 0.941. The average Bonchev–Trinajstić information content (AvgIpc) is 2.50. The molecule has 1 saturated carbocycles. The summed E-state index contributed by atoms with van der Waals surface area (Å²) < 4.78 is 5.20. The monoisotopic (exact) mass is 284 g/mol. The van der Waals surface area contributed by atoms with Gasteiger partial charge in [0.15, 0.2) is 6.10 Å². The van der Waals surface area contributed by atoms with E-state index in [1.165, 1.54) is 38.5 Å². The van der Waals surface area contributed by atoms with E-state index in [-0.39, 0.29) is 5.92 Å². The Kier molecular flexibility index (Phi) is 9.73. The first kappa shape index (κ1) is 17.5. The van der Waals surface area contributed by atoms with Crippen LogP contribution in [0.3, 0.4) is 0 Å². The van der Waals surface area contributed by atoms with Crippen LogP contribution in [-0.2, 0) is 9.53 Å². The number of carbonyl (C=O) groups is 1. The van der Waals surface area contributed by atoms with Crippen molar-refractivity contribution in [2.75, 3.05) is 6.61 Å². The van der Waals surface area contributed by atoms with Crippen molar-refractivity contribution in [1.82, 2.24) is 0 Å². The molecule has 118 valence electrons. The predicted octanol–water partition coefficient (Wildman–Crippen LogP) is 4.22. The van der Waals surface area contributed by atoms with Crippen LogP contribution < -0.4 is 0 Å². The smallest absolute Gasteiger partial charge is 0.335 e. The summed E-state index contributed by atoms with van der Waals surface area (Å²) in [6, 6.07) is 0. The van der Waals surface area contributed by atoms with Gasteiger partial charge in [0.05, 0.1) is 6.61 Å². The molecule has 0 aliphatic heterocycles. The number of rotatable bonds is 10. The molecule has 0 unspecified atom stereocenters. The molecule has 0 saturated heterocycles. The standard InChI is InChI=1S/C17H32O3/c1-2-3-4-5-6-7-11-14-20-17(19)16(18)15-12-9-8-10-13-15/h15-16,18H,2-14H2,1H3/t16-/m1/s1. The first-order valence-corrected chi connectivity index (χ1v) is 8.60. The highest BCUT2D eigenvalue weighted by atomic mass is 16.5. The van der Waals surface area contributed by atoms with E-state index in [4.69, 9.17) is 4.74 Å². The minimum Gasteiger partial charge on any atom is -0.464 e. The molecule has 1 atom stereocenters. The molecular formula is C17H32O3. The fourth-order valence-electron chi connectivity index (χ4n) is 2.96. The minimum atomic E-state index is -0.889. The van der Waals surface area contributed by atoms with Gasteiger partial charge >= 0.3 is 5.97 Å². The Hall–Kier alpha value is -0.570. The van der Waals surface area contributed by atoms with Crippen molar-refractivity contribution in [3.05, 3.63) is 0 Å². The third-order valence-corrected chi connectivity index (χ3v) is 4.33. The van der Waals surface area contributed by atoms with Gasteiger partial charge in [0.2, 0.25) is 0 Å². The van der Waals surface area contributed by atoms with Crippen molar-refractivity contribution in [1.29, 1.82) is 0 Å². The summed E-state index contributed by atoms with van der Waals surface area (Å²) in [5.41, 5.74) is 0. The normalized spacial score (nSPS) is 17.9.